The third-order valence-corrected chi connectivity index (χ3v) is 7.45. The van der Waals surface area contributed by atoms with Crippen molar-refractivity contribution in [3.63, 3.8) is 0 Å². The van der Waals surface area contributed by atoms with E-state index in [2.05, 4.69) is 23.6 Å². The van der Waals surface area contributed by atoms with Gasteiger partial charge in [0.1, 0.15) is 9.90 Å². The monoisotopic (exact) mass is 403 g/mol. The van der Waals surface area contributed by atoms with E-state index in [1.54, 1.807) is 29.5 Å². The fourth-order valence-electron chi connectivity index (χ4n) is 2.88. The van der Waals surface area contributed by atoms with E-state index in [-0.39, 0.29) is 4.90 Å². The van der Waals surface area contributed by atoms with Crippen molar-refractivity contribution in [2.24, 2.45) is 7.05 Å². The van der Waals surface area contributed by atoms with Crippen LogP contribution in [-0.4, -0.2) is 18.0 Å². The van der Waals surface area contributed by atoms with Gasteiger partial charge in [-0.05, 0) is 50.5 Å². The molecular weight excluding hydrogens is 378 g/mol. The van der Waals surface area contributed by atoms with Crippen LogP contribution in [0.15, 0.2) is 35.2 Å². The molecule has 0 spiro atoms. The highest BCUT2D eigenvalue weighted by molar-refractivity contribution is 7.92. The zero-order valence-corrected chi connectivity index (χ0v) is 18.1. The zero-order valence-electron chi connectivity index (χ0n) is 16.5. The minimum absolute atomic E-state index is 0.276. The lowest BCUT2D eigenvalue weighted by Gasteiger charge is -2.10. The predicted molar refractivity (Wildman–Crippen MR) is 112 cm³/mol. The number of aryl methyl sites for hydroxylation is 2. The molecule has 7 heteroatoms. The van der Waals surface area contributed by atoms with Crippen LogP contribution in [0.2, 0.25) is 0 Å². The number of hydrogen-bond donors (Lipinski definition) is 1. The van der Waals surface area contributed by atoms with Gasteiger partial charge in [0, 0.05) is 23.3 Å². The van der Waals surface area contributed by atoms with E-state index in [1.807, 2.05) is 44.5 Å². The van der Waals surface area contributed by atoms with E-state index in [0.29, 0.717) is 17.3 Å². The molecule has 0 bridgehead atoms. The summed E-state index contributed by atoms with van der Waals surface area (Å²) in [4.78, 5) is 5.98. The molecule has 1 aromatic carbocycles. The molecule has 0 unspecified atom stereocenters. The Hall–Kier alpha value is -2.12. The van der Waals surface area contributed by atoms with E-state index < -0.39 is 10.0 Å². The smallest absolute Gasteiger partial charge is 0.263 e. The molecule has 0 aliphatic carbocycles. The van der Waals surface area contributed by atoms with Crippen molar-refractivity contribution in [2.45, 2.75) is 45.4 Å². The van der Waals surface area contributed by atoms with Crippen LogP contribution in [0.5, 0.6) is 0 Å². The van der Waals surface area contributed by atoms with Gasteiger partial charge in [-0.1, -0.05) is 26.0 Å². The van der Waals surface area contributed by atoms with Gasteiger partial charge < -0.3 is 4.57 Å². The molecule has 0 saturated carbocycles. The van der Waals surface area contributed by atoms with E-state index >= 15 is 0 Å². The molecule has 144 valence electrons. The van der Waals surface area contributed by atoms with Crippen molar-refractivity contribution in [1.82, 2.24) is 9.55 Å². The number of hydrogen-bond acceptors (Lipinski definition) is 4. The van der Waals surface area contributed by atoms with Crippen LogP contribution < -0.4 is 4.72 Å². The highest BCUT2D eigenvalue weighted by Gasteiger charge is 2.24. The second kappa shape index (κ2) is 7.13. The second-order valence-corrected chi connectivity index (χ2v) is 9.94. The van der Waals surface area contributed by atoms with Gasteiger partial charge in [0.15, 0.2) is 0 Å². The van der Waals surface area contributed by atoms with E-state index in [4.69, 9.17) is 0 Å². The van der Waals surface area contributed by atoms with Gasteiger partial charge in [0.25, 0.3) is 10.0 Å². The van der Waals surface area contributed by atoms with Crippen molar-refractivity contribution in [3.8, 4) is 10.7 Å². The Morgan fingerprint density at radius 3 is 2.26 bits per heavy atom. The Morgan fingerprint density at radius 2 is 1.74 bits per heavy atom. The number of thiazole rings is 1. The average Bonchev–Trinajstić information content (AvgIpc) is 3.08. The Labute approximate surface area is 165 Å². The molecule has 0 atom stereocenters. The third-order valence-electron chi connectivity index (χ3n) is 4.86. The first-order chi connectivity index (χ1) is 12.6. The summed E-state index contributed by atoms with van der Waals surface area (Å²) in [6, 6.07) is 9.22. The maximum absolute atomic E-state index is 13.0. The molecule has 3 rings (SSSR count). The van der Waals surface area contributed by atoms with Gasteiger partial charge in [0.2, 0.25) is 0 Å². The molecule has 2 aromatic heterocycles. The molecule has 3 aromatic rings. The lowest BCUT2D eigenvalue weighted by atomic mass is 10.0. The summed E-state index contributed by atoms with van der Waals surface area (Å²) in [5.41, 5.74) is 4.20. The number of benzene rings is 1. The number of aromatic nitrogens is 2. The topological polar surface area (TPSA) is 64.0 Å². The Morgan fingerprint density at radius 1 is 1.11 bits per heavy atom. The molecule has 0 amide bonds. The molecule has 0 aliphatic rings. The lowest BCUT2D eigenvalue weighted by molar-refractivity contribution is 0.600. The largest absolute Gasteiger partial charge is 0.345 e. The molecule has 0 saturated heterocycles. The fraction of sp³-hybridized carbons (Fsp3) is 0.350. The standard InChI is InChI=1S/C20H25N3O2S2/c1-12(2)16-7-9-17(10-8-16)22-27(24,25)19-11-18(23(6)14(19)4)20-21-13(3)15(5)26-20/h7-12,22H,1-6H3. The van der Waals surface area contributed by atoms with Crippen LogP contribution in [0.3, 0.4) is 0 Å². The molecule has 2 heterocycles. The first-order valence-electron chi connectivity index (χ1n) is 8.83. The number of rotatable bonds is 5. The summed E-state index contributed by atoms with van der Waals surface area (Å²) in [6.07, 6.45) is 0. The SMILES string of the molecule is Cc1nc(-c2cc(S(=O)(=O)Nc3ccc(C(C)C)cc3)c(C)n2C)sc1C. The van der Waals surface area contributed by atoms with Crippen molar-refractivity contribution in [3.05, 3.63) is 52.2 Å². The van der Waals surface area contributed by atoms with Gasteiger partial charge in [-0.15, -0.1) is 11.3 Å². The summed E-state index contributed by atoms with van der Waals surface area (Å²) in [7, 11) is -1.82. The van der Waals surface area contributed by atoms with Crippen molar-refractivity contribution < 1.29 is 8.42 Å². The maximum Gasteiger partial charge on any atom is 0.263 e. The van der Waals surface area contributed by atoms with Gasteiger partial charge >= 0.3 is 0 Å². The highest BCUT2D eigenvalue weighted by atomic mass is 32.2. The van der Waals surface area contributed by atoms with Crippen LogP contribution in [0, 0.1) is 20.8 Å². The Bertz CT molecular complexity index is 1060. The number of anilines is 1. The third kappa shape index (κ3) is 3.80. The molecule has 1 N–H and O–H groups in total. The Balaban J connectivity index is 1.96. The maximum atomic E-state index is 13.0. The van der Waals surface area contributed by atoms with E-state index in [1.165, 1.54) is 5.56 Å². The number of nitrogens with one attached hydrogen (secondary N) is 1. The van der Waals surface area contributed by atoms with Crippen molar-refractivity contribution in [2.75, 3.05) is 4.72 Å². The van der Waals surface area contributed by atoms with Gasteiger partial charge in [-0.2, -0.15) is 0 Å². The van der Waals surface area contributed by atoms with Crippen LogP contribution >= 0.6 is 11.3 Å². The minimum Gasteiger partial charge on any atom is -0.345 e. The first kappa shape index (κ1) is 19.6. The van der Waals surface area contributed by atoms with Crippen LogP contribution in [0.4, 0.5) is 5.69 Å². The normalized spacial score (nSPS) is 12.0. The lowest BCUT2D eigenvalue weighted by Crippen LogP contribution is -2.13. The van der Waals surface area contributed by atoms with Crippen LogP contribution in [0.1, 0.15) is 41.6 Å². The Kier molecular flexibility index (Phi) is 5.18. The number of nitrogens with zero attached hydrogens (tertiary/aromatic N) is 2. The zero-order chi connectivity index (χ0) is 19.9. The van der Waals surface area contributed by atoms with E-state index in [9.17, 15) is 8.42 Å². The predicted octanol–water partition coefficient (Wildman–Crippen LogP) is 5.00. The molecule has 5 nitrogen and oxygen atoms in total. The van der Waals surface area contributed by atoms with Crippen LogP contribution in [-0.2, 0) is 17.1 Å². The van der Waals surface area contributed by atoms with Gasteiger partial charge in [-0.3, -0.25) is 4.72 Å². The minimum atomic E-state index is -3.68. The van der Waals surface area contributed by atoms with Gasteiger partial charge in [0.05, 0.1) is 11.4 Å². The molecule has 27 heavy (non-hydrogen) atoms. The molecule has 0 radical (unpaired) electrons. The fourth-order valence-corrected chi connectivity index (χ4v) is 5.19. The van der Waals surface area contributed by atoms with Gasteiger partial charge in [-0.25, -0.2) is 13.4 Å². The summed E-state index contributed by atoms with van der Waals surface area (Å²) >= 11 is 1.58. The molecule has 0 fully saturated rings. The van der Waals surface area contributed by atoms with Crippen molar-refractivity contribution >= 4 is 27.0 Å². The average molecular weight is 404 g/mol. The molecular formula is C20H25N3O2S2. The quantitative estimate of drug-likeness (QED) is 0.652. The number of sulfonamides is 1. The van der Waals surface area contributed by atoms with Crippen molar-refractivity contribution in [1.29, 1.82) is 0 Å². The van der Waals surface area contributed by atoms with Crippen LogP contribution in [0.25, 0.3) is 10.7 Å². The van der Waals surface area contributed by atoms with E-state index in [0.717, 1.165) is 21.3 Å². The highest BCUT2D eigenvalue weighted by Crippen LogP contribution is 2.32. The summed E-state index contributed by atoms with van der Waals surface area (Å²) in [5.74, 6) is 0.403. The second-order valence-electron chi connectivity index (χ2n) is 7.08. The summed E-state index contributed by atoms with van der Waals surface area (Å²) < 4.78 is 30.5. The molecule has 0 aliphatic heterocycles. The first-order valence-corrected chi connectivity index (χ1v) is 11.1. The summed E-state index contributed by atoms with van der Waals surface area (Å²) in [6.45, 7) is 10.0. The summed E-state index contributed by atoms with van der Waals surface area (Å²) in [5, 5.41) is 0.832.